The van der Waals surface area contributed by atoms with Crippen LogP contribution in [0.1, 0.15) is 31.4 Å². The van der Waals surface area contributed by atoms with Crippen LogP contribution in [0.15, 0.2) is 12.5 Å². The zero-order valence-electron chi connectivity index (χ0n) is 18.1. The molecule has 2 heterocycles. The first-order valence-electron chi connectivity index (χ1n) is 10.4. The van der Waals surface area contributed by atoms with Gasteiger partial charge >= 0.3 is 11.9 Å². The number of aromatic nitrogens is 2. The summed E-state index contributed by atoms with van der Waals surface area (Å²) < 4.78 is 0. The largest absolute Gasteiger partial charge is 0.481 e. The van der Waals surface area contributed by atoms with Gasteiger partial charge in [-0.1, -0.05) is 0 Å². The van der Waals surface area contributed by atoms with Crippen molar-refractivity contribution in [2.75, 3.05) is 6.54 Å². The van der Waals surface area contributed by atoms with Crippen LogP contribution in [0, 0.1) is 0 Å². The van der Waals surface area contributed by atoms with Crippen molar-refractivity contribution in [2.45, 2.75) is 56.3 Å². The van der Waals surface area contributed by atoms with Crippen molar-refractivity contribution < 1.29 is 39.0 Å². The molecule has 0 spiro atoms. The van der Waals surface area contributed by atoms with Crippen molar-refractivity contribution in [3.8, 4) is 0 Å². The highest BCUT2D eigenvalue weighted by Crippen LogP contribution is 2.07. The van der Waals surface area contributed by atoms with E-state index in [1.54, 1.807) is 0 Å². The fourth-order valence-electron chi connectivity index (χ4n) is 3.34. The molecule has 0 aromatic carbocycles. The number of carboxylic acids is 2. The molecule has 1 fully saturated rings. The van der Waals surface area contributed by atoms with Crippen LogP contribution < -0.4 is 27.0 Å². The molecule has 9 N–H and O–H groups in total. The molecule has 15 heteroatoms. The molecule has 34 heavy (non-hydrogen) atoms. The Hall–Kier alpha value is -4.01. The molecule has 2 rings (SSSR count). The van der Waals surface area contributed by atoms with Gasteiger partial charge in [0, 0.05) is 18.3 Å². The number of H-pyrrole nitrogens is 1. The third kappa shape index (κ3) is 8.16. The van der Waals surface area contributed by atoms with E-state index in [2.05, 4.69) is 31.2 Å². The van der Waals surface area contributed by atoms with Crippen LogP contribution in [0.2, 0.25) is 0 Å². The predicted octanol–water partition coefficient (Wildman–Crippen LogP) is -3.41. The zero-order valence-corrected chi connectivity index (χ0v) is 18.1. The second kappa shape index (κ2) is 12.3. The lowest BCUT2D eigenvalue weighted by Crippen LogP contribution is -2.58. The number of aromatic amines is 1. The van der Waals surface area contributed by atoms with E-state index in [0.29, 0.717) is 18.7 Å². The number of nitrogens with one attached hydrogen (secondary N) is 5. The van der Waals surface area contributed by atoms with E-state index in [4.69, 9.17) is 10.8 Å². The van der Waals surface area contributed by atoms with E-state index < -0.39 is 72.6 Å². The van der Waals surface area contributed by atoms with Crippen LogP contribution in [0.5, 0.6) is 0 Å². The van der Waals surface area contributed by atoms with E-state index in [9.17, 15) is 33.9 Å². The molecule has 0 radical (unpaired) electrons. The second-order valence-corrected chi connectivity index (χ2v) is 7.72. The molecule has 186 valence electrons. The average molecular weight is 481 g/mol. The number of amides is 4. The fraction of sp³-hybridized carbons (Fsp3) is 0.526. The summed E-state index contributed by atoms with van der Waals surface area (Å²) in [5.74, 6) is -6.41. The molecule has 1 aromatic heterocycles. The number of hydrogen-bond acceptors (Lipinski definition) is 8. The van der Waals surface area contributed by atoms with Crippen LogP contribution in [0.4, 0.5) is 0 Å². The van der Waals surface area contributed by atoms with Gasteiger partial charge in [-0.3, -0.25) is 24.0 Å². The minimum absolute atomic E-state index is 0.162. The first-order chi connectivity index (χ1) is 16.1. The number of carbonyl (C=O) groups is 6. The fourth-order valence-corrected chi connectivity index (χ4v) is 3.34. The highest BCUT2D eigenvalue weighted by Gasteiger charge is 2.33. The topological polar surface area (TPSA) is 246 Å². The molecule has 4 amide bonds. The van der Waals surface area contributed by atoms with Crippen molar-refractivity contribution in [1.29, 1.82) is 0 Å². The number of imidazole rings is 1. The highest BCUT2D eigenvalue weighted by molar-refractivity contribution is 5.97. The average Bonchev–Trinajstić information content (AvgIpc) is 3.45. The van der Waals surface area contributed by atoms with Gasteiger partial charge in [0.2, 0.25) is 23.6 Å². The van der Waals surface area contributed by atoms with Gasteiger partial charge in [-0.05, 0) is 19.4 Å². The Labute approximate surface area is 193 Å². The van der Waals surface area contributed by atoms with E-state index in [1.807, 2.05) is 0 Å². The van der Waals surface area contributed by atoms with Crippen LogP contribution in [0.25, 0.3) is 0 Å². The van der Waals surface area contributed by atoms with Gasteiger partial charge < -0.3 is 42.2 Å². The Morgan fingerprint density at radius 3 is 2.18 bits per heavy atom. The molecule has 1 saturated heterocycles. The van der Waals surface area contributed by atoms with Gasteiger partial charge in [-0.2, -0.15) is 0 Å². The van der Waals surface area contributed by atoms with E-state index in [0.717, 1.165) is 6.42 Å². The van der Waals surface area contributed by atoms with Gasteiger partial charge in [0.15, 0.2) is 0 Å². The lowest BCUT2D eigenvalue weighted by atomic mass is 10.1. The number of carboxylic acid groups (broad SMARTS) is 2. The van der Waals surface area contributed by atoms with Gasteiger partial charge in [-0.15, -0.1) is 0 Å². The van der Waals surface area contributed by atoms with E-state index in [1.165, 1.54) is 12.5 Å². The number of nitrogens with zero attached hydrogens (tertiary/aromatic N) is 1. The van der Waals surface area contributed by atoms with Gasteiger partial charge in [0.05, 0.1) is 25.2 Å². The number of primary amides is 1. The van der Waals surface area contributed by atoms with Crippen LogP contribution in [-0.4, -0.2) is 86.5 Å². The number of carbonyl (C=O) groups excluding carboxylic acids is 4. The molecule has 4 unspecified atom stereocenters. The first-order valence-corrected chi connectivity index (χ1v) is 10.4. The summed E-state index contributed by atoms with van der Waals surface area (Å²) >= 11 is 0. The summed E-state index contributed by atoms with van der Waals surface area (Å²) in [4.78, 5) is 78.4. The van der Waals surface area contributed by atoms with E-state index in [-0.39, 0.29) is 6.42 Å². The Kier molecular flexibility index (Phi) is 9.49. The lowest BCUT2D eigenvalue weighted by Gasteiger charge is -2.24. The second-order valence-electron chi connectivity index (χ2n) is 7.72. The maximum atomic E-state index is 12.7. The van der Waals surface area contributed by atoms with Crippen molar-refractivity contribution >= 4 is 35.6 Å². The van der Waals surface area contributed by atoms with Gasteiger partial charge in [0.1, 0.15) is 18.1 Å². The molecule has 1 aromatic rings. The Morgan fingerprint density at radius 1 is 1.03 bits per heavy atom. The maximum Gasteiger partial charge on any atom is 0.326 e. The normalized spacial score (nSPS) is 17.7. The molecule has 0 aliphatic carbocycles. The maximum absolute atomic E-state index is 12.7. The van der Waals surface area contributed by atoms with Gasteiger partial charge in [-0.25, -0.2) is 9.78 Å². The Morgan fingerprint density at radius 2 is 1.68 bits per heavy atom. The summed E-state index contributed by atoms with van der Waals surface area (Å²) in [6, 6.07) is -5.17. The van der Waals surface area contributed by atoms with Crippen molar-refractivity contribution in [3.63, 3.8) is 0 Å². The van der Waals surface area contributed by atoms with Gasteiger partial charge in [0.25, 0.3) is 0 Å². The first kappa shape index (κ1) is 26.2. The highest BCUT2D eigenvalue weighted by atomic mass is 16.4. The molecule has 15 nitrogen and oxygen atoms in total. The van der Waals surface area contributed by atoms with Crippen molar-refractivity contribution in [3.05, 3.63) is 18.2 Å². The van der Waals surface area contributed by atoms with Crippen LogP contribution in [-0.2, 0) is 35.2 Å². The van der Waals surface area contributed by atoms with Crippen LogP contribution >= 0.6 is 0 Å². The summed E-state index contributed by atoms with van der Waals surface area (Å²) in [6.45, 7) is 0.595. The lowest BCUT2D eigenvalue weighted by molar-refractivity contribution is -0.143. The summed E-state index contributed by atoms with van der Waals surface area (Å²) in [5, 5.41) is 28.2. The standard InChI is InChI=1S/C19H27N7O8/c20-14(27)5-11(17(31)26-13(19(33)34)4-9-7-21-8-23-9)24-18(32)12(6-15(28)29)25-16(30)10-2-1-3-22-10/h7-8,10-13,22H,1-6H2,(H2,20,27)(H,21,23)(H,24,32)(H,25,30)(H,26,31)(H,28,29)(H,33,34). The quantitative estimate of drug-likeness (QED) is 0.139. The van der Waals surface area contributed by atoms with E-state index >= 15 is 0 Å². The predicted molar refractivity (Wildman–Crippen MR) is 113 cm³/mol. The van der Waals surface area contributed by atoms with Crippen molar-refractivity contribution in [2.24, 2.45) is 5.73 Å². The smallest absolute Gasteiger partial charge is 0.326 e. The minimum atomic E-state index is -1.61. The monoisotopic (exact) mass is 481 g/mol. The SMILES string of the molecule is NC(=O)CC(NC(=O)C(CC(=O)O)NC(=O)C1CCCN1)C(=O)NC(Cc1cnc[nH]1)C(=O)O. The molecular weight excluding hydrogens is 454 g/mol. The Balaban J connectivity index is 2.11. The Bertz CT molecular complexity index is 914. The number of nitrogens with two attached hydrogens (primary N) is 1. The number of rotatable bonds is 13. The summed E-state index contributed by atoms with van der Waals surface area (Å²) in [7, 11) is 0. The third-order valence-electron chi connectivity index (χ3n) is 5.02. The number of hydrogen-bond donors (Lipinski definition) is 8. The molecular formula is C19H27N7O8. The van der Waals surface area contributed by atoms with Crippen molar-refractivity contribution in [1.82, 2.24) is 31.2 Å². The molecule has 0 saturated carbocycles. The van der Waals surface area contributed by atoms with Crippen LogP contribution in [0.3, 0.4) is 0 Å². The summed E-state index contributed by atoms with van der Waals surface area (Å²) in [6.07, 6.45) is 2.29. The minimum Gasteiger partial charge on any atom is -0.481 e. The number of aliphatic carboxylic acids is 2. The molecule has 4 atom stereocenters. The zero-order chi connectivity index (χ0) is 25.3. The summed E-state index contributed by atoms with van der Waals surface area (Å²) in [5.41, 5.74) is 5.57. The third-order valence-corrected chi connectivity index (χ3v) is 5.02. The molecule has 0 bridgehead atoms. The molecule has 1 aliphatic rings. The molecule has 1 aliphatic heterocycles.